The molecule has 0 spiro atoms. The fourth-order valence-corrected chi connectivity index (χ4v) is 2.32. The molecular weight excluding hydrogens is 286 g/mol. The molecule has 0 fully saturated rings. The van der Waals surface area contributed by atoms with Crippen molar-refractivity contribution in [3.8, 4) is 0 Å². The Morgan fingerprint density at radius 2 is 2.00 bits per heavy atom. The van der Waals surface area contributed by atoms with E-state index >= 15 is 0 Å². The predicted molar refractivity (Wildman–Crippen MR) is 89.0 cm³/mol. The topological polar surface area (TPSA) is 54.0 Å². The minimum Gasteiger partial charge on any atom is -0.370 e. The fourth-order valence-electron chi connectivity index (χ4n) is 2.11. The Hall–Kier alpha value is -1.29. The molecule has 0 aliphatic carbocycles. The second-order valence-corrected chi connectivity index (χ2v) is 6.18. The second-order valence-electron chi connectivity index (χ2n) is 5.79. The van der Waals surface area contributed by atoms with Gasteiger partial charge in [0.25, 0.3) is 5.91 Å². The number of anilines is 1. The molecule has 0 aliphatic heterocycles. The third-order valence-electron chi connectivity index (χ3n) is 3.21. The Labute approximate surface area is 132 Å². The summed E-state index contributed by atoms with van der Waals surface area (Å²) in [5, 5.41) is 6.41. The molecule has 1 aromatic heterocycles. The zero-order valence-electron chi connectivity index (χ0n) is 13.4. The van der Waals surface area contributed by atoms with Crippen LogP contribution >= 0.6 is 11.6 Å². The summed E-state index contributed by atoms with van der Waals surface area (Å²) in [7, 11) is 0. The molecule has 0 saturated heterocycles. The van der Waals surface area contributed by atoms with E-state index in [0.717, 1.165) is 19.4 Å². The van der Waals surface area contributed by atoms with Gasteiger partial charge >= 0.3 is 0 Å². The maximum Gasteiger partial charge on any atom is 0.251 e. The second kappa shape index (κ2) is 8.88. The highest BCUT2D eigenvalue weighted by Gasteiger charge is 2.12. The van der Waals surface area contributed by atoms with E-state index < -0.39 is 0 Å². The van der Waals surface area contributed by atoms with E-state index in [2.05, 4.69) is 29.5 Å². The minimum absolute atomic E-state index is 0.101. The molecule has 4 nitrogen and oxygen atoms in total. The number of pyridine rings is 1. The molecule has 21 heavy (non-hydrogen) atoms. The van der Waals surface area contributed by atoms with E-state index in [-0.39, 0.29) is 11.9 Å². The first kappa shape index (κ1) is 17.8. The molecule has 0 aliphatic rings. The van der Waals surface area contributed by atoms with Gasteiger partial charge in [-0.1, -0.05) is 38.3 Å². The van der Waals surface area contributed by atoms with Crippen molar-refractivity contribution in [2.45, 2.75) is 53.0 Å². The smallest absolute Gasteiger partial charge is 0.251 e. The molecule has 0 bridgehead atoms. The first-order chi connectivity index (χ1) is 9.92. The zero-order valence-corrected chi connectivity index (χ0v) is 14.1. The largest absolute Gasteiger partial charge is 0.370 e. The number of hydrogen-bond acceptors (Lipinski definition) is 3. The molecule has 0 saturated carbocycles. The molecule has 1 unspecified atom stereocenters. The van der Waals surface area contributed by atoms with Crippen LogP contribution < -0.4 is 10.6 Å². The van der Waals surface area contributed by atoms with Gasteiger partial charge in [-0.2, -0.15) is 0 Å². The summed E-state index contributed by atoms with van der Waals surface area (Å²) in [6, 6.07) is 3.48. The van der Waals surface area contributed by atoms with E-state index in [1.807, 2.05) is 13.8 Å². The molecular formula is C16H26ClN3O. The van der Waals surface area contributed by atoms with Crippen molar-refractivity contribution in [2.75, 3.05) is 11.9 Å². The van der Waals surface area contributed by atoms with E-state index in [4.69, 9.17) is 11.6 Å². The van der Waals surface area contributed by atoms with E-state index in [1.54, 1.807) is 12.1 Å². The van der Waals surface area contributed by atoms with Gasteiger partial charge in [0.2, 0.25) is 0 Å². The van der Waals surface area contributed by atoms with Crippen molar-refractivity contribution in [2.24, 2.45) is 5.92 Å². The van der Waals surface area contributed by atoms with Crippen LogP contribution in [-0.2, 0) is 0 Å². The minimum atomic E-state index is -0.101. The SMILES string of the molecule is CCNc1cc(C(=O)NC(C)CCCC(C)C)cc(Cl)n1. The monoisotopic (exact) mass is 311 g/mol. The van der Waals surface area contributed by atoms with Crippen molar-refractivity contribution in [3.63, 3.8) is 0 Å². The zero-order chi connectivity index (χ0) is 15.8. The number of amides is 1. The van der Waals surface area contributed by atoms with Crippen LogP contribution in [0.15, 0.2) is 12.1 Å². The molecule has 1 heterocycles. The lowest BCUT2D eigenvalue weighted by atomic mass is 10.0. The lowest BCUT2D eigenvalue weighted by molar-refractivity contribution is 0.0937. The Kier molecular flexibility index (Phi) is 7.51. The van der Waals surface area contributed by atoms with Crippen LogP contribution in [0.4, 0.5) is 5.82 Å². The summed E-state index contributed by atoms with van der Waals surface area (Å²) < 4.78 is 0. The Bertz CT molecular complexity index is 463. The van der Waals surface area contributed by atoms with Crippen molar-refractivity contribution in [1.29, 1.82) is 0 Å². The van der Waals surface area contributed by atoms with Gasteiger partial charge in [0, 0.05) is 18.2 Å². The summed E-state index contributed by atoms with van der Waals surface area (Å²) in [6.45, 7) is 9.17. The van der Waals surface area contributed by atoms with E-state index in [0.29, 0.717) is 22.5 Å². The number of halogens is 1. The van der Waals surface area contributed by atoms with Crippen molar-refractivity contribution in [3.05, 3.63) is 22.8 Å². The summed E-state index contributed by atoms with van der Waals surface area (Å²) in [4.78, 5) is 16.4. The fraction of sp³-hybridized carbons (Fsp3) is 0.625. The van der Waals surface area contributed by atoms with Crippen molar-refractivity contribution >= 4 is 23.3 Å². The van der Waals surface area contributed by atoms with Crippen LogP contribution in [0.1, 0.15) is 57.3 Å². The summed E-state index contributed by atoms with van der Waals surface area (Å²) >= 11 is 5.95. The number of rotatable bonds is 8. The normalized spacial score (nSPS) is 12.3. The number of carbonyl (C=O) groups excluding carboxylic acids is 1. The molecule has 1 amide bonds. The molecule has 118 valence electrons. The number of nitrogens with zero attached hydrogens (tertiary/aromatic N) is 1. The summed E-state index contributed by atoms with van der Waals surface area (Å²) in [5.74, 6) is 1.23. The maximum atomic E-state index is 12.2. The first-order valence-electron chi connectivity index (χ1n) is 7.64. The number of nitrogens with one attached hydrogen (secondary N) is 2. The molecule has 1 rings (SSSR count). The molecule has 1 aromatic rings. The van der Waals surface area contributed by atoms with Gasteiger partial charge < -0.3 is 10.6 Å². The number of carbonyl (C=O) groups is 1. The number of hydrogen-bond donors (Lipinski definition) is 2. The van der Waals surface area contributed by atoms with Gasteiger partial charge in [0.05, 0.1) is 0 Å². The van der Waals surface area contributed by atoms with Crippen molar-refractivity contribution < 1.29 is 4.79 Å². The Morgan fingerprint density at radius 1 is 1.29 bits per heavy atom. The van der Waals surface area contributed by atoms with Gasteiger partial charge in [-0.15, -0.1) is 0 Å². The van der Waals surface area contributed by atoms with Gasteiger partial charge in [-0.3, -0.25) is 4.79 Å². The van der Waals surface area contributed by atoms with Gasteiger partial charge in [-0.05, 0) is 38.3 Å². The van der Waals surface area contributed by atoms with Crippen LogP contribution in [0.3, 0.4) is 0 Å². The standard InChI is InChI=1S/C16H26ClN3O/c1-5-18-15-10-13(9-14(17)20-15)16(21)19-12(4)8-6-7-11(2)3/h9-12H,5-8H2,1-4H3,(H,18,20)(H,19,21). The Balaban J connectivity index is 2.58. The highest BCUT2D eigenvalue weighted by atomic mass is 35.5. The van der Waals surface area contributed by atoms with Crippen molar-refractivity contribution in [1.82, 2.24) is 10.3 Å². The quantitative estimate of drug-likeness (QED) is 0.710. The van der Waals surface area contributed by atoms with Gasteiger partial charge in [0.15, 0.2) is 0 Å². The average molecular weight is 312 g/mol. The lowest BCUT2D eigenvalue weighted by Crippen LogP contribution is -2.32. The molecule has 0 radical (unpaired) electrons. The van der Waals surface area contributed by atoms with Gasteiger partial charge in [0.1, 0.15) is 11.0 Å². The van der Waals surface area contributed by atoms with E-state index in [9.17, 15) is 4.79 Å². The van der Waals surface area contributed by atoms with E-state index in [1.165, 1.54) is 6.42 Å². The number of aromatic nitrogens is 1. The van der Waals surface area contributed by atoms with Crippen LogP contribution in [0.25, 0.3) is 0 Å². The third-order valence-corrected chi connectivity index (χ3v) is 3.40. The molecule has 2 N–H and O–H groups in total. The van der Waals surface area contributed by atoms with Crippen LogP contribution in [-0.4, -0.2) is 23.5 Å². The maximum absolute atomic E-state index is 12.2. The van der Waals surface area contributed by atoms with Crippen LogP contribution in [0, 0.1) is 5.92 Å². The summed E-state index contributed by atoms with van der Waals surface area (Å²) in [6.07, 6.45) is 3.30. The average Bonchev–Trinajstić information content (AvgIpc) is 2.37. The molecule has 1 atom stereocenters. The highest BCUT2D eigenvalue weighted by molar-refractivity contribution is 6.29. The van der Waals surface area contributed by atoms with Crippen LogP contribution in [0.2, 0.25) is 5.15 Å². The summed E-state index contributed by atoms with van der Waals surface area (Å²) in [5.41, 5.74) is 0.543. The highest BCUT2D eigenvalue weighted by Crippen LogP contribution is 2.15. The first-order valence-corrected chi connectivity index (χ1v) is 8.02. The third kappa shape index (κ3) is 6.80. The molecule has 0 aromatic carbocycles. The molecule has 5 heteroatoms. The predicted octanol–water partition coefficient (Wildman–Crippen LogP) is 4.11. The lowest BCUT2D eigenvalue weighted by Gasteiger charge is -2.15. The van der Waals surface area contributed by atoms with Gasteiger partial charge in [-0.25, -0.2) is 4.98 Å². The van der Waals surface area contributed by atoms with Crippen LogP contribution in [0.5, 0.6) is 0 Å². The Morgan fingerprint density at radius 3 is 2.62 bits per heavy atom.